The summed E-state index contributed by atoms with van der Waals surface area (Å²) < 4.78 is 5.62. The molecule has 0 atom stereocenters. The van der Waals surface area contributed by atoms with Crippen LogP contribution in [0.5, 0.6) is 5.88 Å². The number of hydrogen-bond donors (Lipinski definition) is 1. The molecule has 1 aliphatic heterocycles. The fourth-order valence-electron chi connectivity index (χ4n) is 2.14. The van der Waals surface area contributed by atoms with Gasteiger partial charge in [-0.3, -0.25) is 0 Å². The van der Waals surface area contributed by atoms with Crippen LogP contribution in [0.1, 0.15) is 18.4 Å². The highest BCUT2D eigenvalue weighted by Gasteiger charge is 2.22. The second-order valence-corrected chi connectivity index (χ2v) is 6.76. The second kappa shape index (κ2) is 8.81. The fraction of sp³-hybridized carbons (Fsp3) is 0.600. The van der Waals surface area contributed by atoms with E-state index < -0.39 is 0 Å². The number of rotatable bonds is 5. The van der Waals surface area contributed by atoms with Crippen molar-refractivity contribution in [3.05, 3.63) is 23.9 Å². The first kappa shape index (κ1) is 17.7. The van der Waals surface area contributed by atoms with Gasteiger partial charge in [0, 0.05) is 36.9 Å². The Morgan fingerprint density at radius 1 is 1.36 bits per heavy atom. The molecule has 1 saturated heterocycles. The van der Waals surface area contributed by atoms with Gasteiger partial charge >= 0.3 is 0 Å². The van der Waals surface area contributed by atoms with Crippen molar-refractivity contribution in [2.75, 3.05) is 31.2 Å². The summed E-state index contributed by atoms with van der Waals surface area (Å²) in [7, 11) is 0. The van der Waals surface area contributed by atoms with Crippen molar-refractivity contribution >= 4 is 41.7 Å². The third-order valence-corrected chi connectivity index (χ3v) is 4.66. The van der Waals surface area contributed by atoms with Crippen LogP contribution in [0.25, 0.3) is 0 Å². The van der Waals surface area contributed by atoms with E-state index in [9.17, 15) is 0 Å². The summed E-state index contributed by atoms with van der Waals surface area (Å²) in [6, 6.07) is 3.93. The average molecular weight is 434 g/mol. The lowest BCUT2D eigenvalue weighted by atomic mass is 10.3. The highest BCUT2D eigenvalue weighted by Crippen LogP contribution is 2.29. The molecule has 0 amide bonds. The maximum atomic E-state index is 6.04. The van der Waals surface area contributed by atoms with E-state index in [1.807, 2.05) is 30.1 Å². The van der Waals surface area contributed by atoms with Gasteiger partial charge in [0.15, 0.2) is 5.96 Å². The van der Waals surface area contributed by atoms with Crippen LogP contribution in [-0.2, 0) is 6.54 Å². The molecule has 7 heteroatoms. The number of ether oxygens (including phenoxy) is 1. The number of pyridine rings is 1. The van der Waals surface area contributed by atoms with Crippen LogP contribution >= 0.6 is 35.7 Å². The van der Waals surface area contributed by atoms with Gasteiger partial charge in [-0.2, -0.15) is 11.8 Å². The number of nitrogens with two attached hydrogens (primary N) is 1. The van der Waals surface area contributed by atoms with Gasteiger partial charge in [-0.05, 0) is 24.3 Å². The largest absolute Gasteiger partial charge is 0.477 e. The van der Waals surface area contributed by atoms with E-state index in [0.717, 1.165) is 42.7 Å². The lowest BCUT2D eigenvalue weighted by molar-refractivity contribution is 0.288. The fourth-order valence-corrected chi connectivity index (χ4v) is 3.05. The Balaban J connectivity index is 0.00000176. The molecule has 3 rings (SSSR count). The first-order valence-electron chi connectivity index (χ1n) is 7.51. The minimum Gasteiger partial charge on any atom is -0.477 e. The molecule has 0 aromatic carbocycles. The van der Waals surface area contributed by atoms with Gasteiger partial charge in [0.1, 0.15) is 0 Å². The topological polar surface area (TPSA) is 63.7 Å². The zero-order chi connectivity index (χ0) is 14.5. The van der Waals surface area contributed by atoms with Gasteiger partial charge in [0.2, 0.25) is 5.88 Å². The van der Waals surface area contributed by atoms with Crippen molar-refractivity contribution in [1.82, 2.24) is 9.88 Å². The van der Waals surface area contributed by atoms with Gasteiger partial charge in [-0.25, -0.2) is 9.98 Å². The van der Waals surface area contributed by atoms with Crippen molar-refractivity contribution in [2.45, 2.75) is 19.4 Å². The first-order valence-corrected chi connectivity index (χ1v) is 8.67. The maximum Gasteiger partial charge on any atom is 0.213 e. The van der Waals surface area contributed by atoms with E-state index in [1.54, 1.807) is 0 Å². The third kappa shape index (κ3) is 5.49. The maximum absolute atomic E-state index is 6.04. The monoisotopic (exact) mass is 434 g/mol. The third-order valence-electron chi connectivity index (χ3n) is 3.72. The summed E-state index contributed by atoms with van der Waals surface area (Å²) >= 11 is 1.97. The summed E-state index contributed by atoms with van der Waals surface area (Å²) in [4.78, 5) is 10.9. The van der Waals surface area contributed by atoms with Crippen LogP contribution in [0, 0.1) is 5.92 Å². The molecular weight excluding hydrogens is 411 g/mol. The summed E-state index contributed by atoms with van der Waals surface area (Å²) in [6.45, 7) is 3.36. The summed E-state index contributed by atoms with van der Waals surface area (Å²) in [5.41, 5.74) is 7.09. The molecule has 2 N–H and O–H groups in total. The van der Waals surface area contributed by atoms with Gasteiger partial charge in [-0.15, -0.1) is 24.0 Å². The van der Waals surface area contributed by atoms with Crippen LogP contribution in [0.4, 0.5) is 0 Å². The molecule has 0 radical (unpaired) electrons. The smallest absolute Gasteiger partial charge is 0.213 e. The van der Waals surface area contributed by atoms with Gasteiger partial charge in [0.05, 0.1) is 13.2 Å². The van der Waals surface area contributed by atoms with Crippen LogP contribution in [-0.4, -0.2) is 47.0 Å². The molecule has 2 aliphatic rings. The normalized spacial score (nSPS) is 18.7. The SMILES string of the molecule is I.NC(=NCc1ccc(OCC2CC2)nc1)N1CCSCC1. The number of nitrogens with zero attached hydrogens (tertiary/aromatic N) is 3. The number of hydrogen-bond acceptors (Lipinski definition) is 4. The quantitative estimate of drug-likeness (QED) is 0.438. The number of halogens is 1. The molecule has 2 heterocycles. The van der Waals surface area contributed by atoms with E-state index in [4.69, 9.17) is 10.5 Å². The Hall–Kier alpha value is -0.700. The Morgan fingerprint density at radius 3 is 2.77 bits per heavy atom. The second-order valence-electron chi connectivity index (χ2n) is 5.53. The zero-order valence-corrected chi connectivity index (χ0v) is 15.8. The molecule has 1 aliphatic carbocycles. The molecule has 2 fully saturated rings. The first-order chi connectivity index (χ1) is 10.3. The molecule has 22 heavy (non-hydrogen) atoms. The highest BCUT2D eigenvalue weighted by atomic mass is 127. The number of thioether (sulfide) groups is 1. The standard InChI is InChI=1S/C15H22N4OS.HI/c16-15(19-5-7-21-8-6-19)18-10-13-3-4-14(17-9-13)20-11-12-1-2-12;/h3-4,9,12H,1-2,5-8,10-11H2,(H2,16,18);1H. The molecule has 5 nitrogen and oxygen atoms in total. The molecule has 1 saturated carbocycles. The van der Waals surface area contributed by atoms with Gasteiger partial charge in [-0.1, -0.05) is 6.07 Å². The Morgan fingerprint density at radius 2 is 2.14 bits per heavy atom. The van der Waals surface area contributed by atoms with E-state index in [1.165, 1.54) is 12.8 Å². The Kier molecular flexibility index (Phi) is 7.07. The van der Waals surface area contributed by atoms with Crippen LogP contribution in [0.2, 0.25) is 0 Å². The van der Waals surface area contributed by atoms with E-state index >= 15 is 0 Å². The van der Waals surface area contributed by atoms with E-state index in [2.05, 4.69) is 14.9 Å². The van der Waals surface area contributed by atoms with Crippen molar-refractivity contribution < 1.29 is 4.74 Å². The zero-order valence-electron chi connectivity index (χ0n) is 12.6. The molecular formula is C15H23IN4OS. The van der Waals surface area contributed by atoms with E-state index in [0.29, 0.717) is 18.4 Å². The van der Waals surface area contributed by atoms with Crippen molar-refractivity contribution in [2.24, 2.45) is 16.6 Å². The summed E-state index contributed by atoms with van der Waals surface area (Å²) in [5, 5.41) is 0. The molecule has 1 aromatic heterocycles. The van der Waals surface area contributed by atoms with Gasteiger partial charge in [0.25, 0.3) is 0 Å². The molecule has 0 unspecified atom stereocenters. The lowest BCUT2D eigenvalue weighted by Crippen LogP contribution is -2.42. The lowest BCUT2D eigenvalue weighted by Gasteiger charge is -2.27. The predicted octanol–water partition coefficient (Wildman–Crippen LogP) is 2.35. The number of aromatic nitrogens is 1. The number of aliphatic imine (C=N–C) groups is 1. The van der Waals surface area contributed by atoms with Crippen LogP contribution in [0.3, 0.4) is 0 Å². The molecule has 0 bridgehead atoms. The van der Waals surface area contributed by atoms with Crippen LogP contribution < -0.4 is 10.5 Å². The molecule has 1 aromatic rings. The summed E-state index contributed by atoms with van der Waals surface area (Å²) in [6.07, 6.45) is 4.41. The van der Waals surface area contributed by atoms with Crippen molar-refractivity contribution in [3.63, 3.8) is 0 Å². The Labute approximate surface area is 153 Å². The Bertz CT molecular complexity index is 487. The van der Waals surface area contributed by atoms with Crippen molar-refractivity contribution in [1.29, 1.82) is 0 Å². The number of guanidine groups is 1. The molecule has 0 spiro atoms. The van der Waals surface area contributed by atoms with Crippen molar-refractivity contribution in [3.8, 4) is 5.88 Å². The summed E-state index contributed by atoms with van der Waals surface area (Å²) in [5.74, 6) is 4.36. The minimum atomic E-state index is 0. The van der Waals surface area contributed by atoms with Gasteiger partial charge < -0.3 is 15.4 Å². The van der Waals surface area contributed by atoms with E-state index in [-0.39, 0.29) is 24.0 Å². The minimum absolute atomic E-state index is 0. The highest BCUT2D eigenvalue weighted by molar-refractivity contribution is 14.0. The average Bonchev–Trinajstić information content (AvgIpc) is 3.37. The van der Waals surface area contributed by atoms with Crippen LogP contribution in [0.15, 0.2) is 23.3 Å². The molecule has 122 valence electrons. The predicted molar refractivity (Wildman–Crippen MR) is 102 cm³/mol.